The van der Waals surface area contributed by atoms with Gasteiger partial charge in [0.25, 0.3) is 0 Å². The minimum atomic E-state index is -0.134. The molecule has 4 rings (SSSR count). The van der Waals surface area contributed by atoms with Crippen LogP contribution in [0.25, 0.3) is 11.1 Å². The van der Waals surface area contributed by atoms with Crippen LogP contribution < -0.4 is 10.6 Å². The fraction of sp³-hybridized carbons (Fsp3) is 0.261. The Kier molecular flexibility index (Phi) is 4.05. The average Bonchev–Trinajstić information content (AvgIpc) is 2.67. The van der Waals surface area contributed by atoms with Gasteiger partial charge in [-0.15, -0.1) is 6.42 Å². The molecule has 26 heavy (non-hydrogen) atoms. The molecular formula is C23H23N3. The van der Waals surface area contributed by atoms with Gasteiger partial charge in [-0.25, -0.2) is 0 Å². The van der Waals surface area contributed by atoms with Gasteiger partial charge in [0.05, 0.1) is 5.54 Å². The third-order valence-electron chi connectivity index (χ3n) is 5.43. The molecule has 1 saturated heterocycles. The fourth-order valence-corrected chi connectivity index (χ4v) is 4.23. The zero-order valence-corrected chi connectivity index (χ0v) is 15.1. The number of terminal acetylenes is 1. The Balaban J connectivity index is 1.82. The number of aliphatic imine (C=N–C) groups is 1. The van der Waals surface area contributed by atoms with Crippen LogP contribution in [0.4, 0.5) is 0 Å². The molecule has 0 amide bonds. The number of nitrogens with zero attached hydrogens (tertiary/aromatic N) is 1. The molecule has 2 aromatic rings. The van der Waals surface area contributed by atoms with Crippen molar-refractivity contribution in [2.24, 2.45) is 4.99 Å². The van der Waals surface area contributed by atoms with Gasteiger partial charge in [0.2, 0.25) is 0 Å². The van der Waals surface area contributed by atoms with Crippen molar-refractivity contribution in [3.8, 4) is 23.5 Å². The van der Waals surface area contributed by atoms with E-state index in [4.69, 9.17) is 6.42 Å². The van der Waals surface area contributed by atoms with Gasteiger partial charge in [0.15, 0.2) is 5.96 Å². The quantitative estimate of drug-likeness (QED) is 0.771. The molecule has 2 aliphatic rings. The zero-order valence-electron chi connectivity index (χ0n) is 15.1. The van der Waals surface area contributed by atoms with E-state index in [1.165, 1.54) is 16.7 Å². The highest BCUT2D eigenvalue weighted by atomic mass is 15.2. The Morgan fingerprint density at radius 3 is 2.85 bits per heavy atom. The molecule has 130 valence electrons. The Hall–Kier alpha value is -2.99. The summed E-state index contributed by atoms with van der Waals surface area (Å²) in [5, 5.41) is 6.90. The fourth-order valence-electron chi connectivity index (χ4n) is 4.23. The summed E-state index contributed by atoms with van der Waals surface area (Å²) < 4.78 is 0. The molecular weight excluding hydrogens is 318 g/mol. The van der Waals surface area contributed by atoms with Crippen LogP contribution in [-0.4, -0.2) is 13.0 Å². The number of benzene rings is 2. The molecule has 1 unspecified atom stereocenters. The van der Waals surface area contributed by atoms with Crippen LogP contribution in [0.15, 0.2) is 59.7 Å². The number of fused-ring (bicyclic) bond motifs is 2. The highest BCUT2D eigenvalue weighted by molar-refractivity contribution is 5.84. The summed E-state index contributed by atoms with van der Waals surface area (Å²) in [5.41, 5.74) is 6.90. The molecule has 1 heterocycles. The van der Waals surface area contributed by atoms with E-state index in [1.807, 2.05) is 12.1 Å². The normalized spacial score (nSPS) is 23.1. The summed E-state index contributed by atoms with van der Waals surface area (Å²) >= 11 is 0. The van der Waals surface area contributed by atoms with Gasteiger partial charge in [0.1, 0.15) is 0 Å². The highest BCUT2D eigenvalue weighted by Crippen LogP contribution is 2.42. The zero-order chi connectivity index (χ0) is 18.1. The predicted octanol–water partition coefficient (Wildman–Crippen LogP) is 3.95. The smallest absolute Gasteiger partial charge is 0.195 e. The first-order valence-electron chi connectivity index (χ1n) is 9.04. The number of hydrogen-bond acceptors (Lipinski definition) is 1. The van der Waals surface area contributed by atoms with E-state index in [0.717, 1.165) is 48.5 Å². The molecule has 1 atom stereocenters. The molecule has 2 aromatic carbocycles. The minimum Gasteiger partial charge on any atom is -0.346 e. The van der Waals surface area contributed by atoms with Crippen molar-refractivity contribution in [2.75, 3.05) is 7.05 Å². The highest BCUT2D eigenvalue weighted by Gasteiger charge is 2.40. The predicted molar refractivity (Wildman–Crippen MR) is 108 cm³/mol. The van der Waals surface area contributed by atoms with Crippen LogP contribution in [0.2, 0.25) is 0 Å². The van der Waals surface area contributed by atoms with E-state index in [-0.39, 0.29) is 5.54 Å². The van der Waals surface area contributed by atoms with Crippen LogP contribution in [0.1, 0.15) is 36.0 Å². The Bertz CT molecular complexity index is 948. The van der Waals surface area contributed by atoms with Gasteiger partial charge in [-0.2, -0.15) is 0 Å². The maximum atomic E-state index is 5.58. The monoisotopic (exact) mass is 341 g/mol. The third-order valence-corrected chi connectivity index (χ3v) is 5.43. The number of guanidine groups is 1. The summed E-state index contributed by atoms with van der Waals surface area (Å²) in [5.74, 6) is 3.53. The minimum absolute atomic E-state index is 0.134. The molecule has 2 N–H and O–H groups in total. The molecule has 0 radical (unpaired) electrons. The van der Waals surface area contributed by atoms with Gasteiger partial charge in [-0.05, 0) is 59.7 Å². The van der Waals surface area contributed by atoms with Gasteiger partial charge in [-0.3, -0.25) is 4.99 Å². The lowest BCUT2D eigenvalue weighted by Gasteiger charge is -2.45. The van der Waals surface area contributed by atoms with E-state index in [2.05, 4.69) is 58.5 Å². The van der Waals surface area contributed by atoms with Crippen LogP contribution >= 0.6 is 0 Å². The molecule has 3 heteroatoms. The van der Waals surface area contributed by atoms with Gasteiger partial charge < -0.3 is 10.6 Å². The molecule has 0 aromatic heterocycles. The topological polar surface area (TPSA) is 36.4 Å². The summed E-state index contributed by atoms with van der Waals surface area (Å²) in [4.78, 5) is 4.34. The number of aryl methyl sites for hydroxylation is 1. The molecule has 3 nitrogen and oxygen atoms in total. The standard InChI is InChI=1S/C23H23N3/c1-4-17-7-5-8-19(13-17)20-11-10-18-9-6-12-23(21(18)14-20)15-16(2)25-22(24-3)26-23/h1,5,7-8,10-11,13-14H,2,6,9,12,15H2,3H3,(H2,24,25,26). The molecule has 1 fully saturated rings. The van der Waals surface area contributed by atoms with Crippen LogP contribution in [0.3, 0.4) is 0 Å². The third kappa shape index (κ3) is 2.78. The van der Waals surface area contributed by atoms with Crippen LogP contribution in [0, 0.1) is 12.3 Å². The van der Waals surface area contributed by atoms with Gasteiger partial charge in [0, 0.05) is 24.7 Å². The Labute approximate surface area is 155 Å². The first kappa shape index (κ1) is 16.5. The molecule has 0 saturated carbocycles. The largest absolute Gasteiger partial charge is 0.346 e. The van der Waals surface area contributed by atoms with Crippen LogP contribution in [0.5, 0.6) is 0 Å². The van der Waals surface area contributed by atoms with E-state index < -0.39 is 0 Å². The van der Waals surface area contributed by atoms with E-state index in [0.29, 0.717) is 0 Å². The van der Waals surface area contributed by atoms with Crippen molar-refractivity contribution in [3.63, 3.8) is 0 Å². The van der Waals surface area contributed by atoms with Crippen molar-refractivity contribution < 1.29 is 0 Å². The Morgan fingerprint density at radius 1 is 1.19 bits per heavy atom. The SMILES string of the molecule is C#Cc1cccc(-c2ccc3c(c2)C2(CCC3)CC(=C)NC(=NC)N2)c1. The van der Waals surface area contributed by atoms with Crippen molar-refractivity contribution in [1.82, 2.24) is 10.6 Å². The van der Waals surface area contributed by atoms with Crippen molar-refractivity contribution in [3.05, 3.63) is 71.4 Å². The second kappa shape index (κ2) is 6.38. The average molecular weight is 341 g/mol. The maximum absolute atomic E-state index is 5.58. The maximum Gasteiger partial charge on any atom is 0.195 e. The van der Waals surface area contributed by atoms with Gasteiger partial charge in [-0.1, -0.05) is 36.8 Å². The van der Waals surface area contributed by atoms with Gasteiger partial charge >= 0.3 is 0 Å². The molecule has 1 aliphatic carbocycles. The lowest BCUT2D eigenvalue weighted by Crippen LogP contribution is -2.57. The summed E-state index contributed by atoms with van der Waals surface area (Å²) in [7, 11) is 1.80. The second-order valence-electron chi connectivity index (χ2n) is 7.14. The molecule has 1 aliphatic heterocycles. The number of nitrogens with one attached hydrogen (secondary N) is 2. The van der Waals surface area contributed by atoms with E-state index >= 15 is 0 Å². The molecule has 1 spiro atoms. The van der Waals surface area contributed by atoms with E-state index in [1.54, 1.807) is 7.05 Å². The first-order valence-corrected chi connectivity index (χ1v) is 9.04. The Morgan fingerprint density at radius 2 is 2.04 bits per heavy atom. The second-order valence-corrected chi connectivity index (χ2v) is 7.14. The summed E-state index contributed by atoms with van der Waals surface area (Å²) in [6, 6.07) is 15.0. The van der Waals surface area contributed by atoms with E-state index in [9.17, 15) is 0 Å². The lowest BCUT2D eigenvalue weighted by atomic mass is 9.72. The molecule has 0 bridgehead atoms. The first-order chi connectivity index (χ1) is 12.6. The number of hydrogen-bond donors (Lipinski definition) is 2. The van der Waals surface area contributed by atoms with Crippen molar-refractivity contribution >= 4 is 5.96 Å². The van der Waals surface area contributed by atoms with Crippen molar-refractivity contribution in [2.45, 2.75) is 31.2 Å². The van der Waals surface area contributed by atoms with Crippen molar-refractivity contribution in [1.29, 1.82) is 0 Å². The number of rotatable bonds is 1. The summed E-state index contributed by atoms with van der Waals surface area (Å²) in [6.07, 6.45) is 9.80. The lowest BCUT2D eigenvalue weighted by molar-refractivity contribution is 0.308. The van der Waals surface area contributed by atoms with Crippen LogP contribution in [-0.2, 0) is 12.0 Å². The summed E-state index contributed by atoms with van der Waals surface area (Å²) in [6.45, 7) is 4.18.